The molecule has 0 aliphatic rings. The van der Waals surface area contributed by atoms with Crippen LogP contribution in [-0.2, 0) is 33.6 Å². The Morgan fingerprint density at radius 2 is 1.24 bits per heavy atom. The molecule has 10 N–H and O–H groups in total. The Morgan fingerprint density at radius 1 is 0.758 bits per heavy atom. The zero-order valence-corrected chi connectivity index (χ0v) is 18.1. The molecule has 0 bridgehead atoms. The maximum Gasteiger partial charge on any atom is 0.326 e. The van der Waals surface area contributed by atoms with Crippen molar-refractivity contribution in [1.82, 2.24) is 16.0 Å². The predicted octanol–water partition coefficient (Wildman–Crippen LogP) is -3.28. The van der Waals surface area contributed by atoms with E-state index in [-0.39, 0.29) is 12.8 Å². The number of carbonyl (C=O) groups excluding carboxylic acids is 4. The highest BCUT2D eigenvalue weighted by atomic mass is 16.4. The molecule has 0 spiro atoms. The number of amides is 4. The van der Waals surface area contributed by atoms with Gasteiger partial charge in [-0.05, 0) is 12.3 Å². The van der Waals surface area contributed by atoms with E-state index in [1.807, 2.05) is 5.32 Å². The summed E-state index contributed by atoms with van der Waals surface area (Å²) in [5.74, 6) is -8.87. The zero-order chi connectivity index (χ0) is 25.9. The van der Waals surface area contributed by atoms with Gasteiger partial charge < -0.3 is 42.7 Å². The Balaban J connectivity index is 5.60. The molecule has 0 aliphatic heterocycles. The van der Waals surface area contributed by atoms with Crippen LogP contribution in [0.4, 0.5) is 0 Å². The molecule has 0 fully saturated rings. The van der Waals surface area contributed by atoms with Gasteiger partial charge in [0.2, 0.25) is 23.6 Å². The van der Waals surface area contributed by atoms with E-state index in [2.05, 4.69) is 10.6 Å². The molecule has 0 heterocycles. The van der Waals surface area contributed by atoms with Crippen LogP contribution < -0.4 is 27.4 Å². The van der Waals surface area contributed by atoms with Crippen molar-refractivity contribution in [3.05, 3.63) is 0 Å². The van der Waals surface area contributed by atoms with Gasteiger partial charge in [-0.3, -0.25) is 28.8 Å². The maximum atomic E-state index is 12.6. The molecule has 4 atom stereocenters. The number of carboxylic acid groups (broad SMARTS) is 3. The number of carbonyl (C=O) groups is 7. The van der Waals surface area contributed by atoms with Crippen LogP contribution in [0, 0.1) is 5.92 Å². The fourth-order valence-electron chi connectivity index (χ4n) is 2.54. The molecule has 0 saturated carbocycles. The summed E-state index contributed by atoms with van der Waals surface area (Å²) in [6, 6.07) is -6.15. The number of carboxylic acids is 3. The van der Waals surface area contributed by atoms with Crippen molar-refractivity contribution < 1.29 is 48.9 Å². The number of nitrogens with two attached hydrogens (primary N) is 2. The number of rotatable bonds is 15. The standard InChI is InChI=1S/C18H29N5O10/c1-7(2)14(18(32)33)23-16(30)9(3-4-11(20)24)21-17(31)10(6-13(27)28)22-15(29)8(19)5-12(25)26/h7-10,14H,3-6,19H2,1-2H3,(H2,20,24)(H,21,31)(H,22,29)(H,23,30)(H,25,26)(H,27,28)(H,32,33). The lowest BCUT2D eigenvalue weighted by Gasteiger charge is -2.25. The van der Waals surface area contributed by atoms with Crippen molar-refractivity contribution in [3.8, 4) is 0 Å². The molecular weight excluding hydrogens is 446 g/mol. The van der Waals surface area contributed by atoms with Gasteiger partial charge in [0.25, 0.3) is 0 Å². The second-order valence-corrected chi connectivity index (χ2v) is 7.50. The average molecular weight is 475 g/mol. The monoisotopic (exact) mass is 475 g/mol. The summed E-state index contributed by atoms with van der Waals surface area (Å²) in [7, 11) is 0. The van der Waals surface area contributed by atoms with Crippen LogP contribution >= 0.6 is 0 Å². The summed E-state index contributed by atoms with van der Waals surface area (Å²) >= 11 is 0. The van der Waals surface area contributed by atoms with E-state index in [0.717, 1.165) is 0 Å². The molecule has 0 radical (unpaired) electrons. The minimum Gasteiger partial charge on any atom is -0.481 e. The number of hydrogen-bond donors (Lipinski definition) is 8. The lowest BCUT2D eigenvalue weighted by atomic mass is 10.0. The van der Waals surface area contributed by atoms with E-state index < -0.39 is 84.5 Å². The van der Waals surface area contributed by atoms with E-state index in [9.17, 15) is 38.7 Å². The van der Waals surface area contributed by atoms with Crippen LogP contribution in [0.2, 0.25) is 0 Å². The Morgan fingerprint density at radius 3 is 1.67 bits per heavy atom. The SMILES string of the molecule is CC(C)C(NC(=O)C(CCC(N)=O)NC(=O)C(CC(=O)O)NC(=O)C(N)CC(=O)O)C(=O)O. The normalized spacial score (nSPS) is 14.3. The van der Waals surface area contributed by atoms with E-state index in [0.29, 0.717) is 0 Å². The fourth-order valence-corrected chi connectivity index (χ4v) is 2.54. The van der Waals surface area contributed by atoms with Crippen LogP contribution in [0.15, 0.2) is 0 Å². The Kier molecular flexibility index (Phi) is 12.1. The molecule has 0 aliphatic carbocycles. The van der Waals surface area contributed by atoms with Gasteiger partial charge in [-0.15, -0.1) is 0 Å². The maximum absolute atomic E-state index is 12.6. The van der Waals surface area contributed by atoms with Crippen LogP contribution in [0.1, 0.15) is 39.5 Å². The van der Waals surface area contributed by atoms with E-state index in [1.54, 1.807) is 0 Å². The highest BCUT2D eigenvalue weighted by Gasteiger charge is 2.32. The predicted molar refractivity (Wildman–Crippen MR) is 109 cm³/mol. The molecule has 0 aromatic heterocycles. The molecule has 15 nitrogen and oxygen atoms in total. The molecule has 186 valence electrons. The van der Waals surface area contributed by atoms with Crippen molar-refractivity contribution in [2.75, 3.05) is 0 Å². The molecule has 33 heavy (non-hydrogen) atoms. The Labute approximate surface area is 188 Å². The summed E-state index contributed by atoms with van der Waals surface area (Å²) in [5.41, 5.74) is 10.5. The zero-order valence-electron chi connectivity index (χ0n) is 18.1. The van der Waals surface area contributed by atoms with Crippen LogP contribution in [0.3, 0.4) is 0 Å². The smallest absolute Gasteiger partial charge is 0.326 e. The highest BCUT2D eigenvalue weighted by molar-refractivity contribution is 5.96. The van der Waals surface area contributed by atoms with Crippen molar-refractivity contribution in [2.45, 2.75) is 63.7 Å². The van der Waals surface area contributed by atoms with Crippen LogP contribution in [0.25, 0.3) is 0 Å². The molecule has 0 aromatic rings. The molecule has 4 unspecified atom stereocenters. The van der Waals surface area contributed by atoms with Gasteiger partial charge in [0, 0.05) is 6.42 Å². The van der Waals surface area contributed by atoms with Gasteiger partial charge in [0.1, 0.15) is 18.1 Å². The quantitative estimate of drug-likeness (QED) is 0.116. The minimum absolute atomic E-state index is 0.344. The van der Waals surface area contributed by atoms with Gasteiger partial charge in [-0.2, -0.15) is 0 Å². The van der Waals surface area contributed by atoms with E-state index in [1.165, 1.54) is 13.8 Å². The third-order valence-corrected chi connectivity index (χ3v) is 4.29. The third kappa shape index (κ3) is 11.4. The highest BCUT2D eigenvalue weighted by Crippen LogP contribution is 2.06. The van der Waals surface area contributed by atoms with Gasteiger partial charge >= 0.3 is 17.9 Å². The first-order valence-corrected chi connectivity index (χ1v) is 9.77. The first-order chi connectivity index (χ1) is 15.1. The average Bonchev–Trinajstić information content (AvgIpc) is 2.66. The van der Waals surface area contributed by atoms with Crippen molar-refractivity contribution in [2.24, 2.45) is 17.4 Å². The third-order valence-electron chi connectivity index (χ3n) is 4.29. The van der Waals surface area contributed by atoms with E-state index >= 15 is 0 Å². The summed E-state index contributed by atoms with van der Waals surface area (Å²) in [6.45, 7) is 3.05. The van der Waals surface area contributed by atoms with Gasteiger partial charge in [-0.1, -0.05) is 13.8 Å². The minimum atomic E-state index is -1.75. The lowest BCUT2D eigenvalue weighted by Crippen LogP contribution is -2.58. The summed E-state index contributed by atoms with van der Waals surface area (Å²) in [6.07, 6.45) is -2.45. The van der Waals surface area contributed by atoms with E-state index in [4.69, 9.17) is 21.7 Å². The largest absolute Gasteiger partial charge is 0.481 e. The molecule has 4 amide bonds. The Bertz CT molecular complexity index is 785. The van der Waals surface area contributed by atoms with Gasteiger partial charge in [-0.25, -0.2) is 4.79 Å². The number of aliphatic carboxylic acids is 3. The van der Waals surface area contributed by atoms with Gasteiger partial charge in [0.05, 0.1) is 18.9 Å². The molecule has 15 heteroatoms. The van der Waals surface area contributed by atoms with Crippen LogP contribution in [-0.4, -0.2) is 81.0 Å². The molecular formula is C18H29N5O10. The summed E-state index contributed by atoms with van der Waals surface area (Å²) in [5, 5.41) is 33.3. The van der Waals surface area contributed by atoms with Crippen LogP contribution in [0.5, 0.6) is 0 Å². The second kappa shape index (κ2) is 13.6. The summed E-state index contributed by atoms with van der Waals surface area (Å²) in [4.78, 5) is 81.5. The molecule has 0 rings (SSSR count). The summed E-state index contributed by atoms with van der Waals surface area (Å²) < 4.78 is 0. The first kappa shape index (κ1) is 29.2. The molecule has 0 saturated heterocycles. The number of nitrogens with one attached hydrogen (secondary N) is 3. The molecule has 0 aromatic carbocycles. The van der Waals surface area contributed by atoms with Crippen molar-refractivity contribution >= 4 is 41.5 Å². The fraction of sp³-hybridized carbons (Fsp3) is 0.611. The lowest BCUT2D eigenvalue weighted by molar-refractivity contribution is -0.144. The number of primary amides is 1. The topological polar surface area (TPSA) is 268 Å². The first-order valence-electron chi connectivity index (χ1n) is 9.77. The second-order valence-electron chi connectivity index (χ2n) is 7.50. The van der Waals surface area contributed by atoms with Gasteiger partial charge in [0.15, 0.2) is 0 Å². The Hall–Kier alpha value is -3.75. The number of hydrogen-bond acceptors (Lipinski definition) is 8. The van der Waals surface area contributed by atoms with Crippen molar-refractivity contribution in [1.29, 1.82) is 0 Å². The van der Waals surface area contributed by atoms with Crippen molar-refractivity contribution in [3.63, 3.8) is 0 Å².